The van der Waals surface area contributed by atoms with Gasteiger partial charge in [-0.15, -0.1) is 9.19 Å². The number of hydrogen-bond acceptors (Lipinski definition) is 9. The summed E-state index contributed by atoms with van der Waals surface area (Å²) in [5, 5.41) is 10.8. The van der Waals surface area contributed by atoms with Crippen molar-refractivity contribution in [1.82, 2.24) is 33.9 Å². The fraction of sp³-hybridized carbons (Fsp3) is 0.0625. The van der Waals surface area contributed by atoms with E-state index in [1.165, 1.54) is 0 Å². The predicted molar refractivity (Wildman–Crippen MR) is 106 cm³/mol. The molecule has 1 aromatic carbocycles. The van der Waals surface area contributed by atoms with E-state index in [1.54, 1.807) is 24.3 Å². The van der Waals surface area contributed by atoms with Crippen molar-refractivity contribution in [1.29, 1.82) is 0 Å². The largest absolute Gasteiger partial charge is 0.433 e. The second-order valence-corrected chi connectivity index (χ2v) is 8.34. The number of nitrogens with zero attached hydrogens (tertiary/aromatic N) is 7. The van der Waals surface area contributed by atoms with Crippen molar-refractivity contribution in [3.63, 3.8) is 0 Å². The smallest absolute Gasteiger partial charge is 0.367 e. The van der Waals surface area contributed by atoms with Crippen LogP contribution in [0.3, 0.4) is 0 Å². The van der Waals surface area contributed by atoms with Crippen LogP contribution in [0.1, 0.15) is 5.69 Å². The lowest BCUT2D eigenvalue weighted by Crippen LogP contribution is -2.17. The molecule has 0 saturated carbocycles. The molecule has 0 aliphatic heterocycles. The Labute approximate surface area is 182 Å². The molecule has 3 aromatic heterocycles. The molecule has 0 radical (unpaired) electrons. The summed E-state index contributed by atoms with van der Waals surface area (Å²) in [4.78, 5) is 10.5. The number of benzene rings is 1. The number of nitrogen functional groups attached to an aromatic ring is 1. The minimum absolute atomic E-state index is 0.109. The lowest BCUT2D eigenvalue weighted by Gasteiger charge is -2.06. The molecule has 0 spiro atoms. The lowest BCUT2D eigenvalue weighted by molar-refractivity contribution is -0.141. The Morgan fingerprint density at radius 1 is 1.09 bits per heavy atom. The van der Waals surface area contributed by atoms with E-state index in [-0.39, 0.29) is 5.95 Å². The van der Waals surface area contributed by atoms with Gasteiger partial charge in [0, 0.05) is 16.9 Å². The molecule has 3 N–H and O–H groups in total. The highest BCUT2D eigenvalue weighted by atomic mass is 35.5. The van der Waals surface area contributed by atoms with E-state index in [2.05, 4.69) is 30.5 Å². The predicted octanol–water partition coefficient (Wildman–Crippen LogP) is 2.49. The first kappa shape index (κ1) is 21.5. The third-order valence-corrected chi connectivity index (χ3v) is 5.71. The first-order chi connectivity index (χ1) is 15.0. The molecule has 0 atom stereocenters. The van der Waals surface area contributed by atoms with Gasteiger partial charge in [0.15, 0.2) is 0 Å². The molecule has 3 heterocycles. The van der Waals surface area contributed by atoms with Gasteiger partial charge < -0.3 is 11.1 Å². The van der Waals surface area contributed by atoms with Crippen LogP contribution in [-0.4, -0.2) is 42.3 Å². The van der Waals surface area contributed by atoms with Crippen LogP contribution < -0.4 is 11.1 Å². The Bertz CT molecular complexity index is 1380. The van der Waals surface area contributed by atoms with Gasteiger partial charge in [0.2, 0.25) is 11.9 Å². The maximum absolute atomic E-state index is 12.9. The summed E-state index contributed by atoms with van der Waals surface area (Å²) in [5.41, 5.74) is 5.02. The molecule has 166 valence electrons. The van der Waals surface area contributed by atoms with Crippen LogP contribution in [0.5, 0.6) is 0 Å². The average molecular weight is 486 g/mol. The van der Waals surface area contributed by atoms with Crippen LogP contribution in [0, 0.1) is 0 Å². The summed E-state index contributed by atoms with van der Waals surface area (Å²) in [6, 6.07) is 7.12. The van der Waals surface area contributed by atoms with E-state index in [4.69, 9.17) is 17.3 Å². The van der Waals surface area contributed by atoms with Gasteiger partial charge in [0.05, 0.1) is 12.4 Å². The number of anilines is 3. The number of hydrogen-bond donors (Lipinski definition) is 2. The zero-order valence-corrected chi connectivity index (χ0v) is 17.1. The highest BCUT2D eigenvalue weighted by molar-refractivity contribution is 7.90. The zero-order chi connectivity index (χ0) is 23.1. The summed E-state index contributed by atoms with van der Waals surface area (Å²) in [6.45, 7) is 0. The monoisotopic (exact) mass is 485 g/mol. The van der Waals surface area contributed by atoms with Crippen LogP contribution in [0.4, 0.5) is 30.8 Å². The molecule has 0 bridgehead atoms. The molecule has 0 aliphatic rings. The Balaban J connectivity index is 1.63. The van der Waals surface area contributed by atoms with E-state index in [1.807, 2.05) is 0 Å². The molecule has 0 amide bonds. The molecule has 32 heavy (non-hydrogen) atoms. The van der Waals surface area contributed by atoms with Gasteiger partial charge >= 0.3 is 6.18 Å². The summed E-state index contributed by atoms with van der Waals surface area (Å²) >= 11 is 5.81. The van der Waals surface area contributed by atoms with Crippen molar-refractivity contribution in [2.45, 2.75) is 11.1 Å². The molecule has 4 aromatic rings. The third-order valence-electron chi connectivity index (χ3n) is 3.92. The molecular weight excluding hydrogens is 475 g/mol. The standard InChI is InChI=1S/C16H11ClF3N9O2S/c17-9-1-3-10(4-2-9)24-14-26-13(21)29(27-14)32(30,31)11-7-23-28(8-11)15-22-6-5-12(25-15)16(18,19)20/h1-8H,(H3,21,24,26,27). The maximum Gasteiger partial charge on any atom is 0.433 e. The fourth-order valence-corrected chi connectivity index (χ4v) is 3.68. The number of halogens is 4. The molecule has 0 unspecified atom stereocenters. The second-order valence-electron chi connectivity index (χ2n) is 6.13. The van der Waals surface area contributed by atoms with Gasteiger partial charge in [-0.25, -0.2) is 14.6 Å². The molecule has 4 rings (SSSR count). The number of nitrogens with one attached hydrogen (secondary N) is 1. The van der Waals surface area contributed by atoms with Crippen molar-refractivity contribution in [2.75, 3.05) is 11.1 Å². The van der Waals surface area contributed by atoms with E-state index < -0.39 is 38.7 Å². The number of rotatable bonds is 5. The Morgan fingerprint density at radius 2 is 1.81 bits per heavy atom. The Hall–Kier alpha value is -3.72. The topological polar surface area (TPSA) is 146 Å². The minimum Gasteiger partial charge on any atom is -0.367 e. The lowest BCUT2D eigenvalue weighted by atomic mass is 10.3. The molecular formula is C16H11ClF3N9O2S. The maximum atomic E-state index is 12.9. The van der Waals surface area contributed by atoms with Crippen molar-refractivity contribution in [2.24, 2.45) is 0 Å². The molecule has 0 saturated heterocycles. The van der Waals surface area contributed by atoms with Gasteiger partial charge in [-0.2, -0.15) is 31.7 Å². The summed E-state index contributed by atoms with van der Waals surface area (Å²) in [7, 11) is -4.38. The van der Waals surface area contributed by atoms with E-state index in [0.717, 1.165) is 23.3 Å². The summed E-state index contributed by atoms with van der Waals surface area (Å²) in [5.74, 6) is -1.04. The highest BCUT2D eigenvalue weighted by Gasteiger charge is 2.33. The highest BCUT2D eigenvalue weighted by Crippen LogP contribution is 2.27. The fourth-order valence-electron chi connectivity index (χ4n) is 2.47. The molecule has 16 heteroatoms. The van der Waals surface area contributed by atoms with Crippen LogP contribution in [0.25, 0.3) is 5.95 Å². The van der Waals surface area contributed by atoms with Crippen LogP contribution in [0.15, 0.2) is 53.8 Å². The van der Waals surface area contributed by atoms with E-state index in [9.17, 15) is 21.6 Å². The van der Waals surface area contributed by atoms with Crippen LogP contribution in [-0.2, 0) is 16.2 Å². The van der Waals surface area contributed by atoms with Gasteiger partial charge in [0.25, 0.3) is 16.0 Å². The molecule has 0 aliphatic carbocycles. The normalized spacial score (nSPS) is 12.1. The van der Waals surface area contributed by atoms with Crippen molar-refractivity contribution in [3.05, 3.63) is 59.6 Å². The number of aromatic nitrogens is 7. The summed E-state index contributed by atoms with van der Waals surface area (Å²) in [6.07, 6.45) is -2.00. The first-order valence-corrected chi connectivity index (χ1v) is 10.3. The average Bonchev–Trinajstić information content (AvgIpc) is 3.37. The second kappa shape index (κ2) is 7.76. The van der Waals surface area contributed by atoms with Crippen molar-refractivity contribution < 1.29 is 21.6 Å². The van der Waals surface area contributed by atoms with Gasteiger partial charge in [-0.3, -0.25) is 0 Å². The number of nitrogens with two attached hydrogens (primary N) is 1. The van der Waals surface area contributed by atoms with E-state index in [0.29, 0.717) is 20.9 Å². The Kier molecular flexibility index (Phi) is 5.21. The third kappa shape index (κ3) is 4.19. The zero-order valence-electron chi connectivity index (χ0n) is 15.6. The molecule has 11 nitrogen and oxygen atoms in total. The summed E-state index contributed by atoms with van der Waals surface area (Å²) < 4.78 is 65.6. The van der Waals surface area contributed by atoms with Gasteiger partial charge in [-0.1, -0.05) is 11.6 Å². The van der Waals surface area contributed by atoms with E-state index >= 15 is 0 Å². The van der Waals surface area contributed by atoms with Crippen molar-refractivity contribution >= 4 is 39.2 Å². The SMILES string of the molecule is Nc1nc(Nc2ccc(Cl)cc2)nn1S(=O)(=O)c1cnn(-c2nccc(C(F)(F)F)n2)c1. The quantitative estimate of drug-likeness (QED) is 0.435. The minimum atomic E-state index is -4.71. The number of alkyl halides is 3. The molecule has 0 fully saturated rings. The first-order valence-electron chi connectivity index (χ1n) is 8.50. The van der Waals surface area contributed by atoms with Gasteiger partial charge in [-0.05, 0) is 30.3 Å². The van der Waals surface area contributed by atoms with Gasteiger partial charge in [0.1, 0.15) is 10.6 Å². The van der Waals surface area contributed by atoms with Crippen LogP contribution in [0.2, 0.25) is 5.02 Å². The van der Waals surface area contributed by atoms with Crippen LogP contribution >= 0.6 is 11.6 Å². The Morgan fingerprint density at radius 3 is 2.50 bits per heavy atom. The van der Waals surface area contributed by atoms with Crippen molar-refractivity contribution in [3.8, 4) is 5.95 Å².